The van der Waals surface area contributed by atoms with Crippen LogP contribution in [0.3, 0.4) is 0 Å². The van der Waals surface area contributed by atoms with Gasteiger partial charge in [-0.1, -0.05) is 24.3 Å². The number of carbonyl (C=O) groups is 1. The molecule has 1 amide bonds. The van der Waals surface area contributed by atoms with Gasteiger partial charge in [0, 0.05) is 37.0 Å². The van der Waals surface area contributed by atoms with Crippen molar-refractivity contribution in [3.63, 3.8) is 0 Å². The second-order valence-corrected chi connectivity index (χ2v) is 9.18. The lowest BCUT2D eigenvalue weighted by Crippen LogP contribution is -2.44. The normalized spacial score (nSPS) is 17.2. The topological polar surface area (TPSA) is 87.8 Å². The van der Waals surface area contributed by atoms with Gasteiger partial charge in [-0.3, -0.25) is 9.48 Å². The van der Waals surface area contributed by atoms with Gasteiger partial charge in [-0.2, -0.15) is 18.3 Å². The van der Waals surface area contributed by atoms with Crippen LogP contribution in [0.1, 0.15) is 25.0 Å². The Morgan fingerprint density at radius 2 is 1.86 bits per heavy atom. The number of likely N-dealkylation sites (N-methyl/N-ethyl adjacent to an activating group) is 1. The number of benzene rings is 2. The molecule has 0 spiro atoms. The highest BCUT2D eigenvalue weighted by Crippen LogP contribution is 2.58. The van der Waals surface area contributed by atoms with E-state index in [1.165, 1.54) is 54.9 Å². The number of ether oxygens (including phenoxy) is 1. The third kappa shape index (κ3) is 4.17. The fraction of sp³-hybridized carbons (Fsp3) is 0.360. The number of aryl methyl sites for hydroxylation is 1. The summed E-state index contributed by atoms with van der Waals surface area (Å²) in [4.78, 5) is 13.5. The maximum atomic E-state index is 14.4. The number of aromatic nitrogens is 2. The summed E-state index contributed by atoms with van der Waals surface area (Å²) in [6, 6.07) is 8.70. The molecule has 2 aromatic carbocycles. The number of carbonyl (C=O) groups excluding carboxylic acids is 1. The minimum atomic E-state index is -4.99. The Morgan fingerprint density at radius 1 is 1.17 bits per heavy atom. The largest absolute Gasteiger partial charge is 0.492 e. The molecule has 0 saturated heterocycles. The van der Waals surface area contributed by atoms with Crippen molar-refractivity contribution in [2.45, 2.75) is 31.2 Å². The summed E-state index contributed by atoms with van der Waals surface area (Å²) in [6.45, 7) is 2.78. The zero-order chi connectivity index (χ0) is 25.8. The van der Waals surface area contributed by atoms with Gasteiger partial charge in [0.15, 0.2) is 0 Å². The maximum Gasteiger partial charge on any atom is 0.425 e. The number of amides is 1. The second kappa shape index (κ2) is 8.39. The summed E-state index contributed by atoms with van der Waals surface area (Å²) in [5.41, 5.74) is -3.83. The van der Waals surface area contributed by atoms with Gasteiger partial charge in [0.25, 0.3) is 5.91 Å². The Balaban J connectivity index is 1.79. The summed E-state index contributed by atoms with van der Waals surface area (Å²) < 4.78 is 50.4. The van der Waals surface area contributed by atoms with E-state index < -0.39 is 23.3 Å². The molecule has 0 radical (unpaired) electrons. The van der Waals surface area contributed by atoms with Gasteiger partial charge >= 0.3 is 6.18 Å². The predicted octanol–water partition coefficient (Wildman–Crippen LogP) is 3.47. The van der Waals surface area contributed by atoms with Gasteiger partial charge in [0.2, 0.25) is 5.60 Å². The molecule has 1 aromatic heterocycles. The molecule has 35 heavy (non-hydrogen) atoms. The number of rotatable bonds is 6. The quantitative estimate of drug-likeness (QED) is 0.554. The van der Waals surface area contributed by atoms with E-state index in [2.05, 4.69) is 5.10 Å². The molecule has 4 rings (SSSR count). The first-order chi connectivity index (χ1) is 16.2. The van der Waals surface area contributed by atoms with Crippen molar-refractivity contribution in [1.82, 2.24) is 14.7 Å². The number of nitrogens with zero attached hydrogens (tertiary/aromatic N) is 3. The van der Waals surface area contributed by atoms with Crippen molar-refractivity contribution in [3.05, 3.63) is 59.9 Å². The Morgan fingerprint density at radius 3 is 2.46 bits per heavy atom. The van der Waals surface area contributed by atoms with Crippen molar-refractivity contribution < 1.29 is 32.9 Å². The van der Waals surface area contributed by atoms with E-state index in [4.69, 9.17) is 4.74 Å². The third-order valence-corrected chi connectivity index (χ3v) is 6.08. The standard InChI is InChI=1S/C25H26F3N3O4/c1-23(2,33)22(32)30(3)9-10-35-16-11-18(15-13-29-31(4)14-15)21-17-7-5-6-8-19(17)24(34,20(21)12-16)25(26,27)28/h5-8,11-14,33-34H,9-10H2,1-4H3. The molecular formula is C25H26F3N3O4. The van der Waals surface area contributed by atoms with Crippen LogP contribution < -0.4 is 4.74 Å². The molecule has 0 saturated carbocycles. The highest BCUT2D eigenvalue weighted by Gasteiger charge is 2.61. The first-order valence-corrected chi connectivity index (χ1v) is 10.9. The molecule has 1 aliphatic rings. The molecule has 0 aliphatic heterocycles. The monoisotopic (exact) mass is 489 g/mol. The Hall–Kier alpha value is -3.37. The summed E-state index contributed by atoms with van der Waals surface area (Å²) in [5, 5.41) is 25.2. The molecule has 1 unspecified atom stereocenters. The highest BCUT2D eigenvalue weighted by molar-refractivity contribution is 5.93. The van der Waals surface area contributed by atoms with Gasteiger partial charge in [-0.15, -0.1) is 0 Å². The molecule has 1 heterocycles. The third-order valence-electron chi connectivity index (χ3n) is 6.08. The number of hydrogen-bond acceptors (Lipinski definition) is 5. The van der Waals surface area contributed by atoms with Crippen molar-refractivity contribution in [2.24, 2.45) is 7.05 Å². The first-order valence-electron chi connectivity index (χ1n) is 10.9. The van der Waals surface area contributed by atoms with Gasteiger partial charge < -0.3 is 19.8 Å². The van der Waals surface area contributed by atoms with E-state index in [1.807, 2.05) is 0 Å². The van der Waals surface area contributed by atoms with Crippen LogP contribution in [0.5, 0.6) is 5.75 Å². The van der Waals surface area contributed by atoms with Gasteiger partial charge in [0.1, 0.15) is 18.0 Å². The molecule has 10 heteroatoms. The number of hydrogen-bond donors (Lipinski definition) is 2. The Labute approximate surface area is 200 Å². The molecule has 7 nitrogen and oxygen atoms in total. The van der Waals surface area contributed by atoms with Crippen LogP contribution >= 0.6 is 0 Å². The average molecular weight is 489 g/mol. The average Bonchev–Trinajstić information content (AvgIpc) is 3.32. The zero-order valence-corrected chi connectivity index (χ0v) is 19.7. The maximum absolute atomic E-state index is 14.4. The number of alkyl halides is 3. The van der Waals surface area contributed by atoms with Crippen LogP contribution in [0.4, 0.5) is 13.2 Å². The summed E-state index contributed by atoms with van der Waals surface area (Å²) in [5.74, 6) is -0.421. The Kier molecular flexibility index (Phi) is 5.93. The molecule has 0 fully saturated rings. The molecular weight excluding hydrogens is 463 g/mol. The molecule has 1 aliphatic carbocycles. The van der Waals surface area contributed by atoms with Crippen molar-refractivity contribution in [1.29, 1.82) is 0 Å². The van der Waals surface area contributed by atoms with E-state index in [9.17, 15) is 28.2 Å². The minimum absolute atomic E-state index is 0.0407. The smallest absolute Gasteiger partial charge is 0.425 e. The van der Waals surface area contributed by atoms with Crippen LogP contribution in [0.15, 0.2) is 48.8 Å². The summed E-state index contributed by atoms with van der Waals surface area (Å²) in [7, 11) is 3.19. The number of aliphatic hydroxyl groups is 2. The fourth-order valence-corrected chi connectivity index (χ4v) is 4.40. The highest BCUT2D eigenvalue weighted by atomic mass is 19.4. The fourth-order valence-electron chi connectivity index (χ4n) is 4.40. The number of fused-ring (bicyclic) bond motifs is 3. The van der Waals surface area contributed by atoms with E-state index in [1.54, 1.807) is 31.4 Å². The predicted molar refractivity (Wildman–Crippen MR) is 123 cm³/mol. The van der Waals surface area contributed by atoms with Crippen LogP contribution in [0, 0.1) is 0 Å². The number of halogens is 3. The molecule has 2 N–H and O–H groups in total. The van der Waals surface area contributed by atoms with Gasteiger partial charge in [-0.05, 0) is 42.7 Å². The molecule has 186 valence electrons. The van der Waals surface area contributed by atoms with Crippen molar-refractivity contribution in [3.8, 4) is 28.0 Å². The van der Waals surface area contributed by atoms with E-state index in [0.717, 1.165) is 0 Å². The molecule has 1 atom stereocenters. The van der Waals surface area contributed by atoms with Crippen LogP contribution in [0.2, 0.25) is 0 Å². The minimum Gasteiger partial charge on any atom is -0.492 e. The Bertz CT molecular complexity index is 1280. The molecule has 3 aromatic rings. The van der Waals surface area contributed by atoms with E-state index in [0.29, 0.717) is 11.1 Å². The van der Waals surface area contributed by atoms with E-state index in [-0.39, 0.29) is 41.2 Å². The summed E-state index contributed by atoms with van der Waals surface area (Å²) in [6.07, 6.45) is -1.79. The van der Waals surface area contributed by atoms with Crippen LogP contribution in [0.25, 0.3) is 22.3 Å². The van der Waals surface area contributed by atoms with Crippen LogP contribution in [-0.2, 0) is 17.4 Å². The van der Waals surface area contributed by atoms with E-state index >= 15 is 0 Å². The lowest BCUT2D eigenvalue weighted by Gasteiger charge is -2.29. The molecule has 0 bridgehead atoms. The first kappa shape index (κ1) is 24.7. The van der Waals surface area contributed by atoms with Gasteiger partial charge in [0.05, 0.1) is 12.7 Å². The second-order valence-electron chi connectivity index (χ2n) is 9.18. The van der Waals surface area contributed by atoms with Crippen LogP contribution in [-0.4, -0.2) is 62.8 Å². The lowest BCUT2D eigenvalue weighted by atomic mass is 9.89. The zero-order valence-electron chi connectivity index (χ0n) is 19.7. The summed E-state index contributed by atoms with van der Waals surface area (Å²) >= 11 is 0. The SMILES string of the molecule is CN(CCOc1cc(-c2cnn(C)c2)c2c(c1)C(O)(C(F)(F)F)c1ccccc1-2)C(=O)C(C)(C)O. The lowest BCUT2D eigenvalue weighted by molar-refractivity contribution is -0.246. The van der Waals surface area contributed by atoms with Crippen molar-refractivity contribution in [2.75, 3.05) is 20.2 Å². The van der Waals surface area contributed by atoms with Crippen molar-refractivity contribution >= 4 is 5.91 Å². The van der Waals surface area contributed by atoms with Gasteiger partial charge in [-0.25, -0.2) is 0 Å².